The van der Waals surface area contributed by atoms with E-state index in [1.807, 2.05) is 0 Å². The van der Waals surface area contributed by atoms with Gasteiger partial charge in [-0.3, -0.25) is 4.90 Å². The van der Waals surface area contributed by atoms with E-state index in [0.717, 1.165) is 45.8 Å². The molecular formula is C11H22ClNO2. The molecule has 4 heteroatoms. The number of rotatable bonds is 7. The average Bonchev–Trinajstić information content (AvgIpc) is 2.23. The van der Waals surface area contributed by atoms with E-state index < -0.39 is 0 Å². The minimum Gasteiger partial charge on any atom is -0.385 e. The van der Waals surface area contributed by atoms with Gasteiger partial charge in [-0.25, -0.2) is 0 Å². The molecule has 0 radical (unpaired) electrons. The van der Waals surface area contributed by atoms with E-state index in [9.17, 15) is 0 Å². The lowest BCUT2D eigenvalue weighted by molar-refractivity contribution is 0.0795. The SMILES string of the molecule is COCCCOCCN1CCCC(Cl)C1. The molecule has 1 rings (SSSR count). The van der Waals surface area contributed by atoms with Crippen molar-refractivity contribution < 1.29 is 9.47 Å². The fourth-order valence-electron chi connectivity index (χ4n) is 1.80. The summed E-state index contributed by atoms with van der Waals surface area (Å²) in [7, 11) is 1.72. The molecule has 0 aromatic carbocycles. The molecule has 1 fully saturated rings. The van der Waals surface area contributed by atoms with Crippen LogP contribution in [0, 0.1) is 0 Å². The van der Waals surface area contributed by atoms with Gasteiger partial charge in [0.1, 0.15) is 0 Å². The first kappa shape index (κ1) is 13.2. The van der Waals surface area contributed by atoms with Crippen LogP contribution in [0.1, 0.15) is 19.3 Å². The smallest absolute Gasteiger partial charge is 0.0593 e. The maximum atomic E-state index is 6.09. The van der Waals surface area contributed by atoms with E-state index in [2.05, 4.69) is 4.90 Å². The van der Waals surface area contributed by atoms with Crippen LogP contribution in [0.5, 0.6) is 0 Å². The first-order chi connectivity index (χ1) is 7.33. The summed E-state index contributed by atoms with van der Waals surface area (Å²) in [6.07, 6.45) is 3.36. The molecular weight excluding hydrogens is 214 g/mol. The summed E-state index contributed by atoms with van der Waals surface area (Å²) in [4.78, 5) is 2.39. The van der Waals surface area contributed by atoms with Crippen LogP contribution in [-0.4, -0.2) is 56.8 Å². The minimum absolute atomic E-state index is 0.340. The highest BCUT2D eigenvalue weighted by atomic mass is 35.5. The normalized spacial score (nSPS) is 23.2. The molecule has 0 aliphatic carbocycles. The van der Waals surface area contributed by atoms with Gasteiger partial charge in [0.05, 0.1) is 6.61 Å². The Morgan fingerprint density at radius 2 is 2.20 bits per heavy atom. The Hall–Kier alpha value is 0.170. The fourth-order valence-corrected chi connectivity index (χ4v) is 2.15. The molecule has 0 aromatic rings. The van der Waals surface area contributed by atoms with E-state index in [-0.39, 0.29) is 0 Å². The van der Waals surface area contributed by atoms with Crippen molar-refractivity contribution >= 4 is 11.6 Å². The maximum absolute atomic E-state index is 6.09. The number of ether oxygens (including phenoxy) is 2. The molecule has 1 atom stereocenters. The van der Waals surface area contributed by atoms with Gasteiger partial charge in [-0.05, 0) is 25.8 Å². The van der Waals surface area contributed by atoms with Gasteiger partial charge in [-0.1, -0.05) is 0 Å². The summed E-state index contributed by atoms with van der Waals surface area (Å²) >= 11 is 6.09. The van der Waals surface area contributed by atoms with E-state index in [1.54, 1.807) is 7.11 Å². The Morgan fingerprint density at radius 1 is 1.33 bits per heavy atom. The van der Waals surface area contributed by atoms with Crippen LogP contribution < -0.4 is 0 Å². The molecule has 0 N–H and O–H groups in total. The number of hydrogen-bond acceptors (Lipinski definition) is 3. The van der Waals surface area contributed by atoms with Gasteiger partial charge in [0.2, 0.25) is 0 Å². The van der Waals surface area contributed by atoms with Crippen molar-refractivity contribution in [2.75, 3.05) is 46.6 Å². The first-order valence-corrected chi connectivity index (χ1v) is 6.19. The number of alkyl halides is 1. The summed E-state index contributed by atoms with van der Waals surface area (Å²) in [5.74, 6) is 0. The van der Waals surface area contributed by atoms with Crippen LogP contribution >= 0.6 is 11.6 Å². The van der Waals surface area contributed by atoms with Crippen molar-refractivity contribution in [3.8, 4) is 0 Å². The second-order valence-electron chi connectivity index (χ2n) is 4.00. The Bertz CT molecular complexity index is 158. The predicted molar refractivity (Wildman–Crippen MR) is 62.6 cm³/mol. The molecule has 0 saturated carbocycles. The number of nitrogens with zero attached hydrogens (tertiary/aromatic N) is 1. The van der Waals surface area contributed by atoms with Crippen LogP contribution in [0.15, 0.2) is 0 Å². The van der Waals surface area contributed by atoms with Crippen molar-refractivity contribution in [3.63, 3.8) is 0 Å². The van der Waals surface area contributed by atoms with E-state index in [1.165, 1.54) is 13.0 Å². The topological polar surface area (TPSA) is 21.7 Å². The minimum atomic E-state index is 0.340. The zero-order valence-corrected chi connectivity index (χ0v) is 10.3. The second-order valence-corrected chi connectivity index (χ2v) is 4.62. The Balaban J connectivity index is 1.90. The maximum Gasteiger partial charge on any atom is 0.0593 e. The highest BCUT2D eigenvalue weighted by molar-refractivity contribution is 6.20. The van der Waals surface area contributed by atoms with E-state index in [0.29, 0.717) is 5.38 Å². The summed E-state index contributed by atoms with van der Waals surface area (Å²) in [5, 5.41) is 0.340. The molecule has 3 nitrogen and oxygen atoms in total. The zero-order chi connectivity index (χ0) is 10.9. The molecule has 90 valence electrons. The lowest BCUT2D eigenvalue weighted by Crippen LogP contribution is -2.38. The molecule has 1 heterocycles. The number of halogens is 1. The van der Waals surface area contributed by atoms with Gasteiger partial charge in [0, 0.05) is 38.8 Å². The van der Waals surface area contributed by atoms with Crippen LogP contribution in [-0.2, 0) is 9.47 Å². The third-order valence-electron chi connectivity index (χ3n) is 2.64. The highest BCUT2D eigenvalue weighted by Gasteiger charge is 2.16. The molecule has 0 amide bonds. The fraction of sp³-hybridized carbons (Fsp3) is 1.00. The average molecular weight is 236 g/mol. The summed E-state index contributed by atoms with van der Waals surface area (Å²) in [6, 6.07) is 0. The standard InChI is InChI=1S/C11H22ClNO2/c1-14-7-3-8-15-9-6-13-5-2-4-11(12)10-13/h11H,2-10H2,1H3. The number of likely N-dealkylation sites (tertiary alicyclic amines) is 1. The van der Waals surface area contributed by atoms with Gasteiger partial charge < -0.3 is 9.47 Å². The first-order valence-electron chi connectivity index (χ1n) is 5.76. The largest absolute Gasteiger partial charge is 0.385 e. The van der Waals surface area contributed by atoms with Gasteiger partial charge in [-0.2, -0.15) is 0 Å². The van der Waals surface area contributed by atoms with Gasteiger partial charge in [-0.15, -0.1) is 11.6 Å². The highest BCUT2D eigenvalue weighted by Crippen LogP contribution is 2.14. The Morgan fingerprint density at radius 3 is 2.93 bits per heavy atom. The predicted octanol–water partition coefficient (Wildman–Crippen LogP) is 1.74. The van der Waals surface area contributed by atoms with Crippen LogP contribution in [0.2, 0.25) is 0 Å². The van der Waals surface area contributed by atoms with Gasteiger partial charge >= 0.3 is 0 Å². The number of hydrogen-bond donors (Lipinski definition) is 0. The van der Waals surface area contributed by atoms with E-state index in [4.69, 9.17) is 21.1 Å². The number of piperidine rings is 1. The summed E-state index contributed by atoms with van der Waals surface area (Å²) in [5.41, 5.74) is 0. The third kappa shape index (κ3) is 6.36. The van der Waals surface area contributed by atoms with Crippen LogP contribution in [0.4, 0.5) is 0 Å². The number of methoxy groups -OCH3 is 1. The molecule has 15 heavy (non-hydrogen) atoms. The van der Waals surface area contributed by atoms with Crippen molar-refractivity contribution in [2.24, 2.45) is 0 Å². The second kappa shape index (κ2) is 8.34. The van der Waals surface area contributed by atoms with Crippen molar-refractivity contribution in [2.45, 2.75) is 24.6 Å². The summed E-state index contributed by atoms with van der Waals surface area (Å²) in [6.45, 7) is 5.59. The summed E-state index contributed by atoms with van der Waals surface area (Å²) < 4.78 is 10.5. The zero-order valence-electron chi connectivity index (χ0n) is 9.58. The van der Waals surface area contributed by atoms with Crippen LogP contribution in [0.25, 0.3) is 0 Å². The van der Waals surface area contributed by atoms with Crippen molar-refractivity contribution in [1.82, 2.24) is 4.90 Å². The lowest BCUT2D eigenvalue weighted by Gasteiger charge is -2.29. The molecule has 0 spiro atoms. The lowest BCUT2D eigenvalue weighted by atomic mass is 10.1. The van der Waals surface area contributed by atoms with Crippen LogP contribution in [0.3, 0.4) is 0 Å². The Kier molecular flexibility index (Phi) is 7.36. The molecule has 0 aromatic heterocycles. The molecule has 1 aliphatic heterocycles. The monoisotopic (exact) mass is 235 g/mol. The van der Waals surface area contributed by atoms with Gasteiger partial charge in [0.25, 0.3) is 0 Å². The van der Waals surface area contributed by atoms with E-state index >= 15 is 0 Å². The Labute approximate surface area is 97.7 Å². The molecule has 0 bridgehead atoms. The van der Waals surface area contributed by atoms with Crippen molar-refractivity contribution in [3.05, 3.63) is 0 Å². The van der Waals surface area contributed by atoms with Crippen molar-refractivity contribution in [1.29, 1.82) is 0 Å². The molecule has 1 saturated heterocycles. The molecule has 1 unspecified atom stereocenters. The third-order valence-corrected chi connectivity index (χ3v) is 2.99. The van der Waals surface area contributed by atoms with Gasteiger partial charge in [0.15, 0.2) is 0 Å². The quantitative estimate of drug-likeness (QED) is 0.496. The molecule has 1 aliphatic rings.